The van der Waals surface area contributed by atoms with Gasteiger partial charge in [0.05, 0.1) is 0 Å². The first-order valence-electron chi connectivity index (χ1n) is 3.02. The van der Waals surface area contributed by atoms with E-state index in [1.807, 2.05) is 18.4 Å². The van der Waals surface area contributed by atoms with Crippen LogP contribution in [0.1, 0.15) is 12.5 Å². The maximum absolute atomic E-state index is 9.86. The highest BCUT2D eigenvalue weighted by Gasteiger charge is 1.98. The van der Waals surface area contributed by atoms with Crippen LogP contribution in [0.25, 0.3) is 0 Å². The van der Waals surface area contributed by atoms with Crippen LogP contribution < -0.4 is 0 Å². The molecule has 0 fully saturated rings. The number of nitrogens with zero attached hydrogens (tertiary/aromatic N) is 1. The van der Waals surface area contributed by atoms with Crippen molar-refractivity contribution in [2.24, 2.45) is 4.99 Å². The Kier molecular flexibility index (Phi) is 2.37. The molecule has 10 heavy (non-hydrogen) atoms. The van der Waals surface area contributed by atoms with Crippen molar-refractivity contribution < 1.29 is 4.79 Å². The second kappa shape index (κ2) is 3.30. The Balaban J connectivity index is 3.00. The van der Waals surface area contributed by atoms with Crippen LogP contribution in [0.4, 0.5) is 5.00 Å². The highest BCUT2D eigenvalue weighted by atomic mass is 32.1. The van der Waals surface area contributed by atoms with Crippen molar-refractivity contribution in [3.8, 4) is 0 Å². The average Bonchev–Trinajstić information content (AvgIpc) is 2.36. The minimum absolute atomic E-state index is 0.789. The lowest BCUT2D eigenvalue weighted by Gasteiger charge is -1.87. The van der Waals surface area contributed by atoms with E-state index >= 15 is 0 Å². The normalized spacial score (nSPS) is 8.90. The summed E-state index contributed by atoms with van der Waals surface area (Å²) >= 11 is 1.47. The number of carbonyl (C=O) groups excluding carboxylic acids is 1. The largest absolute Gasteiger partial charge is 0.241 e. The van der Waals surface area contributed by atoms with E-state index in [1.165, 1.54) is 17.4 Å². The molecule has 1 rings (SSSR count). The van der Waals surface area contributed by atoms with Gasteiger partial charge >= 0.3 is 0 Å². The summed E-state index contributed by atoms with van der Waals surface area (Å²) in [5.74, 6) is 0. The van der Waals surface area contributed by atoms with Gasteiger partial charge < -0.3 is 0 Å². The number of thiophene rings is 1. The van der Waals surface area contributed by atoms with Gasteiger partial charge in [-0.1, -0.05) is 6.92 Å². The van der Waals surface area contributed by atoms with Crippen molar-refractivity contribution >= 4 is 22.4 Å². The topological polar surface area (TPSA) is 29.4 Å². The molecule has 0 aromatic carbocycles. The van der Waals surface area contributed by atoms with Crippen LogP contribution in [0.2, 0.25) is 0 Å². The molecule has 2 nitrogen and oxygen atoms in total. The maximum atomic E-state index is 9.86. The van der Waals surface area contributed by atoms with Crippen molar-refractivity contribution in [1.82, 2.24) is 0 Å². The molecule has 3 heteroatoms. The average molecular weight is 153 g/mol. The van der Waals surface area contributed by atoms with Crippen LogP contribution in [0.15, 0.2) is 16.4 Å². The minimum Gasteiger partial charge on any atom is -0.211 e. The number of hydrogen-bond acceptors (Lipinski definition) is 3. The van der Waals surface area contributed by atoms with Gasteiger partial charge in [-0.3, -0.25) is 0 Å². The van der Waals surface area contributed by atoms with Crippen LogP contribution in [-0.2, 0) is 11.2 Å². The van der Waals surface area contributed by atoms with E-state index in [0.29, 0.717) is 0 Å². The molecule has 0 atom stereocenters. The monoisotopic (exact) mass is 153 g/mol. The standard InChI is InChI=1S/C7H7NOS/c1-2-6-3-4-10-7(6)8-5-9/h3-4H,2H2,1H3. The number of rotatable bonds is 2. The minimum atomic E-state index is 0.789. The lowest BCUT2D eigenvalue weighted by Crippen LogP contribution is -1.70. The summed E-state index contributed by atoms with van der Waals surface area (Å²) in [5.41, 5.74) is 1.12. The fourth-order valence-electron chi connectivity index (χ4n) is 0.736. The number of isocyanates is 1. The second-order valence-corrected chi connectivity index (χ2v) is 2.70. The molecule has 0 saturated carbocycles. The first-order valence-corrected chi connectivity index (χ1v) is 3.90. The second-order valence-electron chi connectivity index (χ2n) is 1.81. The van der Waals surface area contributed by atoms with E-state index in [-0.39, 0.29) is 0 Å². The SMILES string of the molecule is CCc1ccsc1N=C=O. The molecular formula is C7H7NOS. The zero-order valence-electron chi connectivity index (χ0n) is 5.63. The summed E-state index contributed by atoms with van der Waals surface area (Å²) in [7, 11) is 0. The smallest absolute Gasteiger partial charge is 0.211 e. The van der Waals surface area contributed by atoms with Gasteiger partial charge in [0.25, 0.3) is 0 Å². The van der Waals surface area contributed by atoms with Gasteiger partial charge in [-0.25, -0.2) is 4.79 Å². The van der Waals surface area contributed by atoms with E-state index in [9.17, 15) is 4.79 Å². The van der Waals surface area contributed by atoms with E-state index in [0.717, 1.165) is 17.0 Å². The summed E-state index contributed by atoms with van der Waals surface area (Å²) in [6, 6.07) is 1.97. The predicted molar refractivity (Wildman–Crippen MR) is 41.5 cm³/mol. The highest BCUT2D eigenvalue weighted by molar-refractivity contribution is 7.14. The molecule has 0 saturated heterocycles. The Labute approximate surface area is 63.2 Å². The quantitative estimate of drug-likeness (QED) is 0.473. The molecule has 0 aliphatic heterocycles. The summed E-state index contributed by atoms with van der Waals surface area (Å²) in [4.78, 5) is 13.4. The van der Waals surface area contributed by atoms with Gasteiger partial charge in [0.2, 0.25) is 6.08 Å². The van der Waals surface area contributed by atoms with Crippen LogP contribution >= 0.6 is 11.3 Å². The molecule has 0 bridgehead atoms. The molecule has 0 aliphatic rings. The van der Waals surface area contributed by atoms with Gasteiger partial charge in [0.1, 0.15) is 5.00 Å². The predicted octanol–water partition coefficient (Wildman–Crippen LogP) is 2.28. The number of hydrogen-bond donors (Lipinski definition) is 0. The Bertz CT molecular complexity index is 260. The van der Waals surface area contributed by atoms with Gasteiger partial charge in [-0.15, -0.1) is 11.3 Å². The fraction of sp³-hybridized carbons (Fsp3) is 0.286. The van der Waals surface area contributed by atoms with Crippen molar-refractivity contribution in [1.29, 1.82) is 0 Å². The summed E-state index contributed by atoms with van der Waals surface area (Å²) in [6.07, 6.45) is 2.45. The number of aryl methyl sites for hydroxylation is 1. The maximum Gasteiger partial charge on any atom is 0.241 e. The zero-order chi connectivity index (χ0) is 7.40. The Morgan fingerprint density at radius 3 is 3.20 bits per heavy atom. The van der Waals surface area contributed by atoms with Crippen molar-refractivity contribution in [2.75, 3.05) is 0 Å². The number of aliphatic imine (C=N–C) groups is 1. The molecule has 52 valence electrons. The molecule has 0 aliphatic carbocycles. The summed E-state index contributed by atoms with van der Waals surface area (Å²) in [6.45, 7) is 2.03. The third-order valence-corrected chi connectivity index (χ3v) is 2.10. The zero-order valence-corrected chi connectivity index (χ0v) is 6.44. The van der Waals surface area contributed by atoms with Gasteiger partial charge in [-0.05, 0) is 23.4 Å². The Morgan fingerprint density at radius 1 is 1.80 bits per heavy atom. The van der Waals surface area contributed by atoms with Gasteiger partial charge in [-0.2, -0.15) is 4.99 Å². The summed E-state index contributed by atoms with van der Waals surface area (Å²) in [5, 5.41) is 2.71. The first kappa shape index (κ1) is 7.19. The van der Waals surface area contributed by atoms with Crippen molar-refractivity contribution in [3.05, 3.63) is 17.0 Å². The van der Waals surface area contributed by atoms with E-state index in [1.54, 1.807) is 0 Å². The molecule has 0 unspecified atom stereocenters. The van der Waals surface area contributed by atoms with Crippen LogP contribution in [0.3, 0.4) is 0 Å². The molecular weight excluding hydrogens is 146 g/mol. The lowest BCUT2D eigenvalue weighted by atomic mass is 10.2. The van der Waals surface area contributed by atoms with Gasteiger partial charge in [0, 0.05) is 0 Å². The first-order chi connectivity index (χ1) is 4.88. The van der Waals surface area contributed by atoms with E-state index < -0.39 is 0 Å². The van der Waals surface area contributed by atoms with Crippen LogP contribution in [0, 0.1) is 0 Å². The van der Waals surface area contributed by atoms with E-state index in [2.05, 4.69) is 4.99 Å². The van der Waals surface area contributed by atoms with E-state index in [4.69, 9.17) is 0 Å². The third kappa shape index (κ3) is 1.32. The Morgan fingerprint density at radius 2 is 2.60 bits per heavy atom. The molecule has 1 aromatic heterocycles. The Hall–Kier alpha value is -0.920. The molecule has 1 aromatic rings. The molecule has 0 radical (unpaired) electrons. The summed E-state index contributed by atoms with van der Waals surface area (Å²) < 4.78 is 0. The van der Waals surface area contributed by atoms with Gasteiger partial charge in [0.15, 0.2) is 0 Å². The molecule has 1 heterocycles. The molecule has 0 spiro atoms. The van der Waals surface area contributed by atoms with Crippen molar-refractivity contribution in [2.45, 2.75) is 13.3 Å². The lowest BCUT2D eigenvalue weighted by molar-refractivity contribution is 0.565. The van der Waals surface area contributed by atoms with Crippen LogP contribution in [0.5, 0.6) is 0 Å². The third-order valence-electron chi connectivity index (χ3n) is 1.25. The van der Waals surface area contributed by atoms with Crippen molar-refractivity contribution in [3.63, 3.8) is 0 Å². The highest BCUT2D eigenvalue weighted by Crippen LogP contribution is 2.25. The molecule has 0 amide bonds. The fourth-order valence-corrected chi connectivity index (χ4v) is 1.55. The molecule has 0 N–H and O–H groups in total. The van der Waals surface area contributed by atoms with Crippen LogP contribution in [-0.4, -0.2) is 6.08 Å².